The largest absolute Gasteiger partial charge is 0.494 e. The van der Waals surface area contributed by atoms with Crippen LogP contribution in [0.4, 0.5) is 5.00 Å². The van der Waals surface area contributed by atoms with Gasteiger partial charge < -0.3 is 14.8 Å². The highest BCUT2D eigenvalue weighted by Gasteiger charge is 2.29. The van der Waals surface area contributed by atoms with Crippen molar-refractivity contribution >= 4 is 28.2 Å². The second-order valence-corrected chi connectivity index (χ2v) is 8.33. The van der Waals surface area contributed by atoms with Gasteiger partial charge in [-0.25, -0.2) is 4.79 Å². The molecule has 162 valence electrons. The Morgan fingerprint density at radius 1 is 1.17 bits per heavy atom. The van der Waals surface area contributed by atoms with E-state index in [4.69, 9.17) is 9.47 Å². The quantitative estimate of drug-likeness (QED) is 0.460. The smallest absolute Gasteiger partial charge is 0.341 e. The third-order valence-corrected chi connectivity index (χ3v) is 6.31. The van der Waals surface area contributed by atoms with E-state index in [0.29, 0.717) is 29.3 Å². The molecule has 0 unspecified atom stereocenters. The van der Waals surface area contributed by atoms with Gasteiger partial charge in [0.1, 0.15) is 10.8 Å². The van der Waals surface area contributed by atoms with E-state index < -0.39 is 0 Å². The van der Waals surface area contributed by atoms with E-state index in [1.165, 1.54) is 11.3 Å². The standard InChI is InChI=1S/C23H30N2O4S/c1-4-7-14-29-17-10-8-16(9-11-17)21(26)24-22-20(23(27)28-6-3)18-12-13-25(5-2)15-19(18)30-22/h8-11H,4-7,12-15H2,1-3H3,(H,24,26). The van der Waals surface area contributed by atoms with Crippen molar-refractivity contribution < 1.29 is 19.1 Å². The van der Waals surface area contributed by atoms with Crippen LogP contribution in [0, 0.1) is 0 Å². The van der Waals surface area contributed by atoms with E-state index >= 15 is 0 Å². The highest BCUT2D eigenvalue weighted by Crippen LogP contribution is 2.38. The van der Waals surface area contributed by atoms with Crippen LogP contribution in [0.3, 0.4) is 0 Å². The predicted octanol–water partition coefficient (Wildman–Crippen LogP) is 4.73. The average molecular weight is 431 g/mol. The number of ether oxygens (including phenoxy) is 2. The van der Waals surface area contributed by atoms with Crippen molar-refractivity contribution in [3.05, 3.63) is 45.8 Å². The number of nitrogens with zero attached hydrogens (tertiary/aromatic N) is 1. The molecule has 2 heterocycles. The van der Waals surface area contributed by atoms with E-state index in [2.05, 4.69) is 24.1 Å². The highest BCUT2D eigenvalue weighted by molar-refractivity contribution is 7.17. The molecule has 1 aliphatic heterocycles. The zero-order valence-electron chi connectivity index (χ0n) is 18.0. The Hall–Kier alpha value is -2.38. The summed E-state index contributed by atoms with van der Waals surface area (Å²) >= 11 is 1.48. The van der Waals surface area contributed by atoms with Gasteiger partial charge in [0.15, 0.2) is 0 Å². The normalized spacial score (nSPS) is 13.6. The van der Waals surface area contributed by atoms with Crippen molar-refractivity contribution in [1.82, 2.24) is 4.90 Å². The first-order chi connectivity index (χ1) is 14.6. The van der Waals surface area contributed by atoms with Gasteiger partial charge in [-0.1, -0.05) is 20.3 Å². The zero-order valence-corrected chi connectivity index (χ0v) is 18.8. The van der Waals surface area contributed by atoms with Gasteiger partial charge >= 0.3 is 5.97 Å². The number of unbranched alkanes of at least 4 members (excludes halogenated alkanes) is 1. The fourth-order valence-electron chi connectivity index (χ4n) is 3.45. The average Bonchev–Trinajstić information content (AvgIpc) is 3.11. The second-order valence-electron chi connectivity index (χ2n) is 7.23. The number of amides is 1. The topological polar surface area (TPSA) is 67.9 Å². The summed E-state index contributed by atoms with van der Waals surface area (Å²) in [5.41, 5.74) is 2.05. The maximum absolute atomic E-state index is 12.8. The van der Waals surface area contributed by atoms with E-state index in [0.717, 1.165) is 55.1 Å². The number of hydrogen-bond donors (Lipinski definition) is 1. The molecule has 2 aromatic rings. The molecule has 7 heteroatoms. The van der Waals surface area contributed by atoms with E-state index in [1.54, 1.807) is 31.2 Å². The lowest BCUT2D eigenvalue weighted by Crippen LogP contribution is -2.30. The van der Waals surface area contributed by atoms with Gasteiger partial charge in [0.25, 0.3) is 5.91 Å². The van der Waals surface area contributed by atoms with Gasteiger partial charge in [-0.15, -0.1) is 11.3 Å². The summed E-state index contributed by atoms with van der Waals surface area (Å²) in [5, 5.41) is 3.52. The molecular formula is C23H30N2O4S. The summed E-state index contributed by atoms with van der Waals surface area (Å²) in [4.78, 5) is 28.9. The van der Waals surface area contributed by atoms with Crippen LogP contribution in [0.5, 0.6) is 5.75 Å². The summed E-state index contributed by atoms with van der Waals surface area (Å²) in [6.07, 6.45) is 2.86. The Morgan fingerprint density at radius 2 is 1.93 bits per heavy atom. The molecule has 0 aliphatic carbocycles. The number of nitrogens with one attached hydrogen (secondary N) is 1. The number of fused-ring (bicyclic) bond motifs is 1. The fourth-order valence-corrected chi connectivity index (χ4v) is 4.72. The van der Waals surface area contributed by atoms with Crippen LogP contribution in [0.2, 0.25) is 0 Å². The third kappa shape index (κ3) is 5.21. The van der Waals surface area contributed by atoms with Crippen molar-refractivity contribution in [1.29, 1.82) is 0 Å². The summed E-state index contributed by atoms with van der Waals surface area (Å²) in [7, 11) is 0. The summed E-state index contributed by atoms with van der Waals surface area (Å²) in [6, 6.07) is 7.09. The van der Waals surface area contributed by atoms with Crippen LogP contribution in [-0.4, -0.2) is 43.1 Å². The second kappa shape index (κ2) is 10.6. The molecule has 3 rings (SSSR count). The first kappa shape index (κ1) is 22.3. The van der Waals surface area contributed by atoms with Crippen molar-refractivity contribution in [3.8, 4) is 5.75 Å². The van der Waals surface area contributed by atoms with Crippen LogP contribution < -0.4 is 10.1 Å². The molecule has 6 nitrogen and oxygen atoms in total. The molecule has 1 aromatic heterocycles. The Bertz CT molecular complexity index is 876. The molecule has 1 amide bonds. The summed E-state index contributed by atoms with van der Waals surface area (Å²) in [5.74, 6) is 0.139. The van der Waals surface area contributed by atoms with Crippen LogP contribution in [0.25, 0.3) is 0 Å². The van der Waals surface area contributed by atoms with Crippen LogP contribution in [0.15, 0.2) is 24.3 Å². The first-order valence-corrected chi connectivity index (χ1v) is 11.5. The zero-order chi connectivity index (χ0) is 21.5. The lowest BCUT2D eigenvalue weighted by atomic mass is 10.0. The Balaban J connectivity index is 1.78. The van der Waals surface area contributed by atoms with Gasteiger partial charge in [0.2, 0.25) is 0 Å². The maximum Gasteiger partial charge on any atom is 0.341 e. The third-order valence-electron chi connectivity index (χ3n) is 5.17. The number of carbonyl (C=O) groups is 2. The summed E-state index contributed by atoms with van der Waals surface area (Å²) in [6.45, 7) is 9.66. The van der Waals surface area contributed by atoms with Gasteiger partial charge in [-0.2, -0.15) is 0 Å². The molecule has 0 bridgehead atoms. The lowest BCUT2D eigenvalue weighted by Gasteiger charge is -2.25. The van der Waals surface area contributed by atoms with Gasteiger partial charge in [0, 0.05) is 23.5 Å². The van der Waals surface area contributed by atoms with Crippen molar-refractivity contribution in [3.63, 3.8) is 0 Å². The Kier molecular flexibility index (Phi) is 7.87. The molecular weight excluding hydrogens is 400 g/mol. The number of anilines is 1. The van der Waals surface area contributed by atoms with Crippen LogP contribution in [-0.2, 0) is 17.7 Å². The van der Waals surface area contributed by atoms with Crippen molar-refractivity contribution in [2.75, 3.05) is 31.6 Å². The van der Waals surface area contributed by atoms with Crippen molar-refractivity contribution in [2.45, 2.75) is 46.6 Å². The van der Waals surface area contributed by atoms with Gasteiger partial charge in [-0.05, 0) is 56.1 Å². The maximum atomic E-state index is 12.8. The molecule has 0 fully saturated rings. The number of carbonyl (C=O) groups excluding carboxylic acids is 2. The molecule has 0 atom stereocenters. The van der Waals surface area contributed by atoms with Crippen molar-refractivity contribution in [2.24, 2.45) is 0 Å². The number of likely N-dealkylation sites (N-methyl/N-ethyl adjacent to an activating group) is 1. The predicted molar refractivity (Wildman–Crippen MR) is 120 cm³/mol. The number of hydrogen-bond acceptors (Lipinski definition) is 6. The summed E-state index contributed by atoms with van der Waals surface area (Å²) < 4.78 is 10.9. The number of rotatable bonds is 9. The van der Waals surface area contributed by atoms with E-state index in [-0.39, 0.29) is 11.9 Å². The molecule has 0 saturated heterocycles. The van der Waals surface area contributed by atoms with Gasteiger partial charge in [-0.3, -0.25) is 9.69 Å². The fraction of sp³-hybridized carbons (Fsp3) is 0.478. The van der Waals surface area contributed by atoms with Crippen LogP contribution >= 0.6 is 11.3 Å². The number of benzene rings is 1. The molecule has 0 saturated carbocycles. The molecule has 0 radical (unpaired) electrons. The SMILES string of the molecule is CCCCOc1ccc(C(=O)Nc2sc3c(c2C(=O)OCC)CCN(CC)C3)cc1. The lowest BCUT2D eigenvalue weighted by molar-refractivity contribution is 0.0526. The molecule has 1 aromatic carbocycles. The Morgan fingerprint density at radius 3 is 2.60 bits per heavy atom. The first-order valence-electron chi connectivity index (χ1n) is 10.7. The van der Waals surface area contributed by atoms with Gasteiger partial charge in [0.05, 0.1) is 18.8 Å². The minimum Gasteiger partial charge on any atom is -0.494 e. The molecule has 1 N–H and O–H groups in total. The molecule has 0 spiro atoms. The minimum absolute atomic E-state index is 0.244. The van der Waals surface area contributed by atoms with E-state index in [9.17, 15) is 9.59 Å². The van der Waals surface area contributed by atoms with Crippen LogP contribution in [0.1, 0.15) is 64.8 Å². The monoisotopic (exact) mass is 430 g/mol. The number of thiophene rings is 1. The highest BCUT2D eigenvalue weighted by atomic mass is 32.1. The molecule has 30 heavy (non-hydrogen) atoms. The minimum atomic E-state index is -0.366. The number of esters is 1. The molecule has 1 aliphatic rings. The Labute approximate surface area is 182 Å². The van der Waals surface area contributed by atoms with E-state index in [1.807, 2.05) is 0 Å².